The minimum Gasteiger partial charge on any atom is -0.322 e. The molecule has 132 valence electrons. The number of hydrogen-bond acceptors (Lipinski definition) is 5. The van der Waals surface area contributed by atoms with E-state index in [9.17, 15) is 28.9 Å². The molecule has 1 heterocycles. The van der Waals surface area contributed by atoms with E-state index >= 15 is 0 Å². The highest BCUT2D eigenvalue weighted by Crippen LogP contribution is 2.27. The lowest BCUT2D eigenvalue weighted by Gasteiger charge is -2.14. The van der Waals surface area contributed by atoms with Crippen molar-refractivity contribution >= 4 is 40.7 Å². The first-order valence-electron chi connectivity index (χ1n) is 7.17. The molecule has 8 nitrogen and oxygen atoms in total. The zero-order chi connectivity index (χ0) is 19.0. The Balaban J connectivity index is 1.78. The first kappa shape index (κ1) is 17.5. The average molecular weight is 378 g/mol. The van der Waals surface area contributed by atoms with Gasteiger partial charge in [-0.2, -0.15) is 0 Å². The number of imide groups is 1. The summed E-state index contributed by atoms with van der Waals surface area (Å²) in [6.45, 7) is -0.664. The van der Waals surface area contributed by atoms with Crippen LogP contribution in [0.2, 0.25) is 5.02 Å². The maximum atomic E-state index is 13.7. The number of halogens is 2. The van der Waals surface area contributed by atoms with E-state index in [1.54, 1.807) is 0 Å². The summed E-state index contributed by atoms with van der Waals surface area (Å²) in [5.74, 6) is -3.17. The van der Waals surface area contributed by atoms with E-state index in [0.29, 0.717) is 4.90 Å². The monoisotopic (exact) mass is 377 g/mol. The minimum atomic E-state index is -0.833. The van der Waals surface area contributed by atoms with Crippen molar-refractivity contribution in [3.8, 4) is 0 Å². The number of carbonyl (C=O) groups is 3. The zero-order valence-corrected chi connectivity index (χ0v) is 13.6. The number of hydrogen-bond donors (Lipinski definition) is 1. The summed E-state index contributed by atoms with van der Waals surface area (Å²) in [6, 6.07) is 6.83. The van der Waals surface area contributed by atoms with Gasteiger partial charge in [-0.05, 0) is 24.3 Å². The third-order valence-electron chi connectivity index (χ3n) is 3.67. The summed E-state index contributed by atoms with van der Waals surface area (Å²) in [5.41, 5.74) is -0.702. The van der Waals surface area contributed by atoms with Crippen LogP contribution >= 0.6 is 11.6 Å². The van der Waals surface area contributed by atoms with Gasteiger partial charge in [0.15, 0.2) is 0 Å². The van der Waals surface area contributed by atoms with Crippen molar-refractivity contribution < 1.29 is 23.7 Å². The third-order valence-corrected chi connectivity index (χ3v) is 3.91. The number of carbonyl (C=O) groups excluding carboxylic acids is 3. The lowest BCUT2D eigenvalue weighted by Crippen LogP contribution is -2.37. The van der Waals surface area contributed by atoms with Gasteiger partial charge in [0.2, 0.25) is 5.91 Å². The minimum absolute atomic E-state index is 0.0360. The molecule has 0 aliphatic carbocycles. The van der Waals surface area contributed by atoms with Gasteiger partial charge in [-0.3, -0.25) is 29.4 Å². The molecule has 3 amide bonds. The summed E-state index contributed by atoms with van der Waals surface area (Å²) in [5, 5.41) is 13.2. The molecule has 0 saturated heterocycles. The largest absolute Gasteiger partial charge is 0.322 e. The lowest BCUT2D eigenvalue weighted by molar-refractivity contribution is -0.384. The summed E-state index contributed by atoms with van der Waals surface area (Å²) in [6.07, 6.45) is 0. The molecule has 1 N–H and O–H groups in total. The fourth-order valence-corrected chi connectivity index (χ4v) is 2.62. The first-order valence-corrected chi connectivity index (χ1v) is 7.55. The van der Waals surface area contributed by atoms with Gasteiger partial charge in [0.05, 0.1) is 21.7 Å². The molecule has 2 aromatic rings. The quantitative estimate of drug-likeness (QED) is 0.500. The molecule has 0 radical (unpaired) electrons. The van der Waals surface area contributed by atoms with E-state index in [1.165, 1.54) is 12.1 Å². The number of nitrogens with zero attached hydrogens (tertiary/aromatic N) is 2. The molecule has 1 aliphatic rings. The average Bonchev–Trinajstić information content (AvgIpc) is 2.82. The van der Waals surface area contributed by atoms with E-state index in [0.717, 1.165) is 24.3 Å². The highest BCUT2D eigenvalue weighted by molar-refractivity contribution is 6.30. The molecule has 2 aromatic carbocycles. The molecule has 1 aliphatic heterocycles. The van der Waals surface area contributed by atoms with Gasteiger partial charge < -0.3 is 5.32 Å². The van der Waals surface area contributed by atoms with Crippen LogP contribution in [-0.4, -0.2) is 34.1 Å². The second-order valence-electron chi connectivity index (χ2n) is 5.36. The highest BCUT2D eigenvalue weighted by atomic mass is 35.5. The van der Waals surface area contributed by atoms with Crippen LogP contribution in [-0.2, 0) is 4.79 Å². The molecule has 0 unspecified atom stereocenters. The van der Waals surface area contributed by atoms with Gasteiger partial charge in [0.25, 0.3) is 17.5 Å². The van der Waals surface area contributed by atoms with E-state index in [2.05, 4.69) is 5.32 Å². The van der Waals surface area contributed by atoms with Crippen molar-refractivity contribution in [3.05, 3.63) is 68.5 Å². The van der Waals surface area contributed by atoms with Crippen LogP contribution in [0.4, 0.5) is 15.8 Å². The Hall–Kier alpha value is -3.33. The van der Waals surface area contributed by atoms with E-state index in [-0.39, 0.29) is 27.5 Å². The van der Waals surface area contributed by atoms with Gasteiger partial charge in [-0.25, -0.2) is 4.39 Å². The van der Waals surface area contributed by atoms with Gasteiger partial charge >= 0.3 is 0 Å². The number of nitrogens with one attached hydrogen (secondary N) is 1. The fourth-order valence-electron chi connectivity index (χ4n) is 2.46. The van der Waals surface area contributed by atoms with Crippen molar-refractivity contribution in [1.82, 2.24) is 4.90 Å². The van der Waals surface area contributed by atoms with Gasteiger partial charge in [0, 0.05) is 17.2 Å². The zero-order valence-electron chi connectivity index (χ0n) is 12.9. The number of nitro groups is 1. The number of nitro benzene ring substituents is 1. The molecule has 0 atom stereocenters. The molecule has 0 aromatic heterocycles. The molecule has 0 fully saturated rings. The van der Waals surface area contributed by atoms with E-state index in [1.807, 2.05) is 0 Å². The molecular formula is C16H9ClFN3O5. The molecule has 0 saturated carbocycles. The second-order valence-corrected chi connectivity index (χ2v) is 5.79. The van der Waals surface area contributed by atoms with Crippen LogP contribution in [0.25, 0.3) is 0 Å². The molecule has 0 spiro atoms. The van der Waals surface area contributed by atoms with Crippen LogP contribution in [0, 0.1) is 15.9 Å². The Morgan fingerprint density at radius 3 is 2.50 bits per heavy atom. The van der Waals surface area contributed by atoms with Crippen LogP contribution in [0.1, 0.15) is 20.7 Å². The van der Waals surface area contributed by atoms with Gasteiger partial charge in [0.1, 0.15) is 12.4 Å². The number of fused-ring (bicyclic) bond motifs is 1. The highest BCUT2D eigenvalue weighted by Gasteiger charge is 2.37. The predicted molar refractivity (Wildman–Crippen MR) is 88.5 cm³/mol. The topological polar surface area (TPSA) is 110 Å². The summed E-state index contributed by atoms with van der Waals surface area (Å²) in [7, 11) is 0. The molecule has 26 heavy (non-hydrogen) atoms. The lowest BCUT2D eigenvalue weighted by atomic mass is 10.1. The smallest absolute Gasteiger partial charge is 0.270 e. The summed E-state index contributed by atoms with van der Waals surface area (Å²) >= 11 is 5.62. The first-order chi connectivity index (χ1) is 12.3. The van der Waals surface area contributed by atoms with Gasteiger partial charge in [-0.1, -0.05) is 11.6 Å². The SMILES string of the molecule is O=C(CN1C(=O)c2ccc([N+](=O)[O-])cc2C1=O)Nc1ccc(Cl)cc1F. The number of amides is 3. The normalized spacial score (nSPS) is 12.9. The van der Waals surface area contributed by atoms with Crippen molar-refractivity contribution in [2.45, 2.75) is 0 Å². The van der Waals surface area contributed by atoms with Crippen LogP contribution < -0.4 is 5.32 Å². The number of anilines is 1. The van der Waals surface area contributed by atoms with Crippen molar-refractivity contribution in [3.63, 3.8) is 0 Å². The third kappa shape index (κ3) is 3.11. The Morgan fingerprint density at radius 1 is 1.15 bits per heavy atom. The fraction of sp³-hybridized carbons (Fsp3) is 0.0625. The number of rotatable bonds is 4. The molecule has 0 bridgehead atoms. The number of benzene rings is 2. The molecular weight excluding hydrogens is 369 g/mol. The Kier molecular flexibility index (Phi) is 4.39. The van der Waals surface area contributed by atoms with E-state index in [4.69, 9.17) is 11.6 Å². The Labute approximate surface area is 150 Å². The summed E-state index contributed by atoms with van der Waals surface area (Å²) in [4.78, 5) is 47.3. The Bertz CT molecular complexity index is 978. The van der Waals surface area contributed by atoms with E-state index < -0.39 is 35.0 Å². The second kappa shape index (κ2) is 6.52. The number of non-ortho nitro benzene ring substituents is 1. The van der Waals surface area contributed by atoms with Crippen LogP contribution in [0.3, 0.4) is 0 Å². The maximum Gasteiger partial charge on any atom is 0.270 e. The molecule has 3 rings (SSSR count). The Morgan fingerprint density at radius 2 is 1.85 bits per heavy atom. The molecule has 10 heteroatoms. The standard InChI is InChI=1S/C16H9ClFN3O5/c17-8-1-4-13(12(18)5-8)19-14(22)7-20-15(23)10-3-2-9(21(25)26)6-11(10)16(20)24/h1-6H,7H2,(H,19,22). The van der Waals surface area contributed by atoms with Gasteiger partial charge in [-0.15, -0.1) is 0 Å². The van der Waals surface area contributed by atoms with Crippen molar-refractivity contribution in [2.24, 2.45) is 0 Å². The van der Waals surface area contributed by atoms with Crippen molar-refractivity contribution in [2.75, 3.05) is 11.9 Å². The van der Waals surface area contributed by atoms with Crippen LogP contribution in [0.15, 0.2) is 36.4 Å². The predicted octanol–water partition coefficient (Wildman–Crippen LogP) is 2.62. The van der Waals surface area contributed by atoms with Crippen molar-refractivity contribution in [1.29, 1.82) is 0 Å². The summed E-state index contributed by atoms with van der Waals surface area (Å²) < 4.78 is 13.7. The maximum absolute atomic E-state index is 13.7. The van der Waals surface area contributed by atoms with Crippen LogP contribution in [0.5, 0.6) is 0 Å².